The van der Waals surface area contributed by atoms with Gasteiger partial charge in [-0.1, -0.05) is 13.8 Å². The summed E-state index contributed by atoms with van der Waals surface area (Å²) in [6.07, 6.45) is 2.47. The van der Waals surface area contributed by atoms with Crippen LogP contribution in [0.25, 0.3) is 0 Å². The second-order valence-electron chi connectivity index (χ2n) is 3.76. The fourth-order valence-electron chi connectivity index (χ4n) is 0.994. The van der Waals surface area contributed by atoms with Crippen LogP contribution in [0.1, 0.15) is 34.6 Å². The van der Waals surface area contributed by atoms with Gasteiger partial charge in [-0.25, -0.2) is 9.59 Å². The molecule has 1 heterocycles. The van der Waals surface area contributed by atoms with Crippen LogP contribution in [0.3, 0.4) is 0 Å². The predicted octanol–water partition coefficient (Wildman–Crippen LogP) is 1.59. The van der Waals surface area contributed by atoms with Gasteiger partial charge in [-0.15, -0.1) is 0 Å². The Labute approximate surface area is 93.1 Å². The van der Waals surface area contributed by atoms with Crippen LogP contribution in [0.2, 0.25) is 0 Å². The van der Waals surface area contributed by atoms with E-state index in [-0.39, 0.29) is 17.0 Å². The highest BCUT2D eigenvalue weighted by Crippen LogP contribution is 2.05. The summed E-state index contributed by atoms with van der Waals surface area (Å²) in [7, 11) is 0. The summed E-state index contributed by atoms with van der Waals surface area (Å²) in [5.41, 5.74) is 0.125. The Morgan fingerprint density at radius 3 is 2.56 bits per heavy atom. The van der Waals surface area contributed by atoms with E-state index in [1.807, 2.05) is 13.8 Å². The third-order valence-electron chi connectivity index (χ3n) is 1.77. The number of esters is 1. The van der Waals surface area contributed by atoms with E-state index < -0.39 is 11.9 Å². The van der Waals surface area contributed by atoms with Gasteiger partial charge in [0.15, 0.2) is 0 Å². The normalized spacial score (nSPS) is 10.2. The van der Waals surface area contributed by atoms with E-state index in [4.69, 9.17) is 9.84 Å². The molecule has 1 N–H and O–H groups in total. The fraction of sp³-hybridized carbons (Fsp3) is 0.364. The number of carbonyl (C=O) groups is 2. The van der Waals surface area contributed by atoms with Gasteiger partial charge in [-0.2, -0.15) is 0 Å². The van der Waals surface area contributed by atoms with Gasteiger partial charge in [0, 0.05) is 12.4 Å². The summed E-state index contributed by atoms with van der Waals surface area (Å²) >= 11 is 0. The number of rotatable bonds is 4. The van der Waals surface area contributed by atoms with Crippen molar-refractivity contribution in [1.82, 2.24) is 4.98 Å². The highest BCUT2D eigenvalue weighted by Gasteiger charge is 2.11. The predicted molar refractivity (Wildman–Crippen MR) is 56.3 cm³/mol. The summed E-state index contributed by atoms with van der Waals surface area (Å²) in [6, 6.07) is 1.25. The molecular formula is C11H13NO4. The van der Waals surface area contributed by atoms with Gasteiger partial charge in [0.25, 0.3) is 0 Å². The first kappa shape index (κ1) is 12.2. The zero-order valence-electron chi connectivity index (χ0n) is 9.14. The first-order valence-electron chi connectivity index (χ1n) is 4.86. The van der Waals surface area contributed by atoms with E-state index in [1.165, 1.54) is 18.5 Å². The first-order chi connectivity index (χ1) is 7.50. The molecule has 0 aromatic carbocycles. The van der Waals surface area contributed by atoms with Crippen LogP contribution in [0.5, 0.6) is 0 Å². The third-order valence-corrected chi connectivity index (χ3v) is 1.77. The maximum Gasteiger partial charge on any atom is 0.339 e. The number of pyridine rings is 1. The third kappa shape index (κ3) is 3.34. The zero-order chi connectivity index (χ0) is 12.1. The van der Waals surface area contributed by atoms with Crippen molar-refractivity contribution in [3.05, 3.63) is 29.6 Å². The Kier molecular flexibility index (Phi) is 3.99. The molecule has 0 saturated carbocycles. The molecule has 5 nitrogen and oxygen atoms in total. The smallest absolute Gasteiger partial charge is 0.339 e. The molecule has 1 rings (SSSR count). The van der Waals surface area contributed by atoms with Crippen LogP contribution in [0.15, 0.2) is 18.5 Å². The molecule has 0 amide bonds. The molecule has 1 aromatic rings. The van der Waals surface area contributed by atoms with Gasteiger partial charge in [0.05, 0.1) is 17.7 Å². The summed E-state index contributed by atoms with van der Waals surface area (Å²) in [6.45, 7) is 4.13. The monoisotopic (exact) mass is 223 g/mol. The number of ether oxygens (including phenoxy) is 1. The highest BCUT2D eigenvalue weighted by molar-refractivity contribution is 5.93. The van der Waals surface area contributed by atoms with Gasteiger partial charge in [0.1, 0.15) is 0 Å². The maximum atomic E-state index is 11.5. The Morgan fingerprint density at radius 2 is 2.00 bits per heavy atom. The molecule has 5 heteroatoms. The molecule has 0 aliphatic carbocycles. The molecule has 0 atom stereocenters. The van der Waals surface area contributed by atoms with Crippen molar-refractivity contribution < 1.29 is 19.4 Å². The average Bonchev–Trinajstić information content (AvgIpc) is 2.26. The molecule has 0 bridgehead atoms. The Morgan fingerprint density at radius 1 is 1.38 bits per heavy atom. The molecule has 0 aliphatic rings. The molecule has 1 aromatic heterocycles. The number of carboxylic acid groups (broad SMARTS) is 1. The van der Waals surface area contributed by atoms with Crippen molar-refractivity contribution in [2.24, 2.45) is 5.92 Å². The molecule has 0 radical (unpaired) electrons. The lowest BCUT2D eigenvalue weighted by Crippen LogP contribution is -2.11. The number of carbonyl (C=O) groups excluding carboxylic acids is 1. The van der Waals surface area contributed by atoms with Gasteiger partial charge in [-0.05, 0) is 12.0 Å². The topological polar surface area (TPSA) is 76.5 Å². The molecule has 0 aliphatic heterocycles. The SMILES string of the molecule is CC(C)COC(=O)c1cncc(C(=O)O)c1. The number of aromatic carboxylic acids is 1. The van der Waals surface area contributed by atoms with E-state index in [9.17, 15) is 9.59 Å². The maximum absolute atomic E-state index is 11.5. The number of aromatic nitrogens is 1. The van der Waals surface area contributed by atoms with Gasteiger partial charge in [-0.3, -0.25) is 4.98 Å². The quantitative estimate of drug-likeness (QED) is 0.784. The van der Waals surface area contributed by atoms with Gasteiger partial charge >= 0.3 is 11.9 Å². The Bertz CT molecular complexity index is 401. The molecular weight excluding hydrogens is 210 g/mol. The second-order valence-corrected chi connectivity index (χ2v) is 3.76. The molecule has 0 spiro atoms. The van der Waals surface area contributed by atoms with Crippen molar-refractivity contribution in [3.63, 3.8) is 0 Å². The minimum Gasteiger partial charge on any atom is -0.478 e. The standard InChI is InChI=1S/C11H13NO4/c1-7(2)6-16-11(15)9-3-8(10(13)14)4-12-5-9/h3-5,7H,6H2,1-2H3,(H,13,14). The number of hydrogen-bond donors (Lipinski definition) is 1. The average molecular weight is 223 g/mol. The van der Waals surface area contributed by atoms with E-state index in [1.54, 1.807) is 0 Å². The molecule has 16 heavy (non-hydrogen) atoms. The Hall–Kier alpha value is -1.91. The molecule has 0 saturated heterocycles. The van der Waals surface area contributed by atoms with Crippen molar-refractivity contribution in [1.29, 1.82) is 0 Å². The minimum atomic E-state index is -1.12. The van der Waals surface area contributed by atoms with Crippen molar-refractivity contribution in [2.45, 2.75) is 13.8 Å². The minimum absolute atomic E-state index is 0.0287. The molecule has 0 fully saturated rings. The lowest BCUT2D eigenvalue weighted by atomic mass is 10.2. The number of hydrogen-bond acceptors (Lipinski definition) is 4. The van der Waals surface area contributed by atoms with E-state index in [0.29, 0.717) is 6.61 Å². The first-order valence-corrected chi connectivity index (χ1v) is 4.86. The van der Waals surface area contributed by atoms with Gasteiger partial charge in [0.2, 0.25) is 0 Å². The Balaban J connectivity index is 2.76. The molecule has 86 valence electrons. The van der Waals surface area contributed by atoms with Crippen molar-refractivity contribution in [2.75, 3.05) is 6.61 Å². The van der Waals surface area contributed by atoms with Crippen molar-refractivity contribution >= 4 is 11.9 Å². The van der Waals surface area contributed by atoms with E-state index >= 15 is 0 Å². The van der Waals surface area contributed by atoms with Crippen LogP contribution >= 0.6 is 0 Å². The number of nitrogens with zero attached hydrogens (tertiary/aromatic N) is 1. The van der Waals surface area contributed by atoms with E-state index in [0.717, 1.165) is 0 Å². The van der Waals surface area contributed by atoms with Gasteiger partial charge < -0.3 is 9.84 Å². The fourth-order valence-corrected chi connectivity index (χ4v) is 0.994. The van der Waals surface area contributed by atoms with E-state index in [2.05, 4.69) is 4.98 Å². The lowest BCUT2D eigenvalue weighted by Gasteiger charge is -2.06. The van der Waals surface area contributed by atoms with Crippen LogP contribution < -0.4 is 0 Å². The number of carboxylic acids is 1. The summed E-state index contributed by atoms with van der Waals surface area (Å²) < 4.78 is 4.95. The molecule has 0 unspecified atom stereocenters. The second kappa shape index (κ2) is 5.25. The van der Waals surface area contributed by atoms with Crippen molar-refractivity contribution in [3.8, 4) is 0 Å². The summed E-state index contributed by atoms with van der Waals surface area (Å²) in [4.78, 5) is 25.8. The largest absolute Gasteiger partial charge is 0.478 e. The zero-order valence-corrected chi connectivity index (χ0v) is 9.14. The van der Waals surface area contributed by atoms with Crippen LogP contribution in [0, 0.1) is 5.92 Å². The summed E-state index contributed by atoms with van der Waals surface area (Å²) in [5.74, 6) is -1.44. The lowest BCUT2D eigenvalue weighted by molar-refractivity contribution is 0.0458. The summed E-state index contributed by atoms with van der Waals surface area (Å²) in [5, 5.41) is 8.72. The van der Waals surface area contributed by atoms with Crippen LogP contribution in [-0.2, 0) is 4.74 Å². The highest BCUT2D eigenvalue weighted by atomic mass is 16.5. The van der Waals surface area contributed by atoms with Crippen LogP contribution in [0.4, 0.5) is 0 Å². The van der Waals surface area contributed by atoms with Crippen LogP contribution in [-0.4, -0.2) is 28.6 Å².